The van der Waals surface area contributed by atoms with Crippen LogP contribution in [0, 0.1) is 12.7 Å². The van der Waals surface area contributed by atoms with E-state index in [1.807, 2.05) is 0 Å². The van der Waals surface area contributed by atoms with Gasteiger partial charge in [-0.3, -0.25) is 4.79 Å². The molecule has 1 saturated carbocycles. The molecule has 1 amide bonds. The fourth-order valence-corrected chi connectivity index (χ4v) is 5.28. The number of nitrogens with zero attached hydrogens (tertiary/aromatic N) is 1. The SMILES string of the molecule is Cc1cc(C2=NO[C@@](c3cc(Cl)cc(Cl)c3F)(C(F)(F)F)C2)sc1C(=O)NC1CC(F)(F)C1. The minimum atomic E-state index is -5.09. The average molecular weight is 531 g/mol. The third-order valence-electron chi connectivity index (χ3n) is 5.45. The number of alkyl halides is 5. The molecule has 1 atom stereocenters. The van der Waals surface area contributed by atoms with Gasteiger partial charge in [-0.15, -0.1) is 11.3 Å². The molecule has 0 unspecified atom stereocenters. The van der Waals surface area contributed by atoms with Crippen LogP contribution in [0.15, 0.2) is 23.4 Å². The first-order chi connectivity index (χ1) is 15.2. The van der Waals surface area contributed by atoms with E-state index in [4.69, 9.17) is 28.0 Å². The summed E-state index contributed by atoms with van der Waals surface area (Å²) in [5, 5.41) is 5.20. The third-order valence-corrected chi connectivity index (χ3v) is 7.23. The molecule has 0 spiro atoms. The zero-order valence-electron chi connectivity index (χ0n) is 16.6. The predicted molar refractivity (Wildman–Crippen MR) is 111 cm³/mol. The smallest absolute Gasteiger partial charge is 0.374 e. The van der Waals surface area contributed by atoms with E-state index in [0.717, 1.165) is 23.5 Å². The maximum atomic E-state index is 14.6. The molecule has 0 bridgehead atoms. The third kappa shape index (κ3) is 4.30. The van der Waals surface area contributed by atoms with Crippen molar-refractivity contribution >= 4 is 46.2 Å². The number of benzene rings is 1. The number of hydrogen-bond acceptors (Lipinski definition) is 4. The van der Waals surface area contributed by atoms with Crippen molar-refractivity contribution in [3.63, 3.8) is 0 Å². The first-order valence-corrected chi connectivity index (χ1v) is 11.1. The van der Waals surface area contributed by atoms with Gasteiger partial charge in [0.05, 0.1) is 21.2 Å². The fourth-order valence-electron chi connectivity index (χ4n) is 3.73. The maximum absolute atomic E-state index is 14.6. The molecule has 1 aromatic carbocycles. The maximum Gasteiger partial charge on any atom is 0.435 e. The molecule has 4 nitrogen and oxygen atoms in total. The second-order valence-corrected chi connectivity index (χ2v) is 9.83. The number of nitrogens with one attached hydrogen (secondary N) is 1. The van der Waals surface area contributed by atoms with Gasteiger partial charge in [-0.2, -0.15) is 13.2 Å². The van der Waals surface area contributed by atoms with E-state index < -0.39 is 65.3 Å². The van der Waals surface area contributed by atoms with Crippen molar-refractivity contribution in [2.24, 2.45) is 5.16 Å². The summed E-state index contributed by atoms with van der Waals surface area (Å²) in [5.74, 6) is -4.77. The van der Waals surface area contributed by atoms with Gasteiger partial charge in [-0.1, -0.05) is 28.4 Å². The zero-order valence-corrected chi connectivity index (χ0v) is 19.0. The van der Waals surface area contributed by atoms with Crippen LogP contribution in [0.2, 0.25) is 10.0 Å². The first kappa shape index (κ1) is 24.2. The Morgan fingerprint density at radius 2 is 1.91 bits per heavy atom. The largest absolute Gasteiger partial charge is 0.435 e. The molecule has 2 aromatic rings. The summed E-state index contributed by atoms with van der Waals surface area (Å²) in [6.45, 7) is 1.55. The van der Waals surface area contributed by atoms with Gasteiger partial charge in [0.1, 0.15) is 11.5 Å². The predicted octanol–water partition coefficient (Wildman–Crippen LogP) is 6.61. The Morgan fingerprint density at radius 3 is 2.52 bits per heavy atom. The second-order valence-electron chi connectivity index (χ2n) is 7.94. The number of amides is 1. The van der Waals surface area contributed by atoms with Crippen molar-refractivity contribution in [3.05, 3.63) is 54.9 Å². The Kier molecular flexibility index (Phi) is 5.90. The minimum Gasteiger partial charge on any atom is -0.374 e. The quantitative estimate of drug-likeness (QED) is 0.357. The Labute approximate surface area is 197 Å². The number of halogens is 8. The lowest BCUT2D eigenvalue weighted by atomic mass is 9.87. The number of oxime groups is 1. The van der Waals surface area contributed by atoms with E-state index in [2.05, 4.69) is 10.5 Å². The van der Waals surface area contributed by atoms with Crippen LogP contribution in [0.3, 0.4) is 0 Å². The first-order valence-electron chi connectivity index (χ1n) is 9.49. The summed E-state index contributed by atoms with van der Waals surface area (Å²) in [5.41, 5.74) is -3.82. The number of thiophene rings is 1. The lowest BCUT2D eigenvalue weighted by molar-refractivity contribution is -0.276. The van der Waals surface area contributed by atoms with Crippen molar-refractivity contribution in [1.29, 1.82) is 0 Å². The topological polar surface area (TPSA) is 50.7 Å². The lowest BCUT2D eigenvalue weighted by Gasteiger charge is -2.35. The van der Waals surface area contributed by atoms with Gasteiger partial charge in [0, 0.05) is 29.5 Å². The molecule has 1 aromatic heterocycles. The van der Waals surface area contributed by atoms with Crippen LogP contribution in [-0.4, -0.2) is 29.8 Å². The van der Waals surface area contributed by atoms with Crippen LogP contribution >= 0.6 is 34.5 Å². The van der Waals surface area contributed by atoms with E-state index >= 15 is 0 Å². The number of hydrogen-bond donors (Lipinski definition) is 1. The molecular formula is C20H14Cl2F6N2O2S. The molecule has 4 rings (SSSR count). The summed E-state index contributed by atoms with van der Waals surface area (Å²) in [6.07, 6.45) is -6.92. The molecule has 1 fully saturated rings. The monoisotopic (exact) mass is 530 g/mol. The van der Waals surface area contributed by atoms with Gasteiger partial charge in [-0.25, -0.2) is 13.2 Å². The van der Waals surface area contributed by atoms with Crippen molar-refractivity contribution in [2.75, 3.05) is 0 Å². The van der Waals surface area contributed by atoms with Gasteiger partial charge in [0.15, 0.2) is 0 Å². The number of carbonyl (C=O) groups is 1. The summed E-state index contributed by atoms with van der Waals surface area (Å²) >= 11 is 12.3. The molecule has 2 heterocycles. The standard InChI is InChI=1S/C20H14Cl2F6N2O2S/c1-8-2-14(33-16(8)17(31)29-10-5-18(24,25)6-10)13-7-19(32-30-13,20(26,27)28)11-3-9(21)4-12(22)15(11)23/h2-4,10H,5-7H2,1H3,(H,29,31)/t19-/m0/s1. The Bertz CT molecular complexity index is 1160. The Balaban J connectivity index is 1.61. The van der Waals surface area contributed by atoms with Gasteiger partial charge < -0.3 is 10.2 Å². The minimum absolute atomic E-state index is 0.143. The van der Waals surface area contributed by atoms with Crippen LogP contribution in [0.1, 0.15) is 44.9 Å². The van der Waals surface area contributed by atoms with Crippen molar-refractivity contribution in [1.82, 2.24) is 5.32 Å². The van der Waals surface area contributed by atoms with Gasteiger partial charge >= 0.3 is 6.18 Å². The summed E-state index contributed by atoms with van der Waals surface area (Å²) in [7, 11) is 0. The van der Waals surface area contributed by atoms with E-state index in [1.165, 1.54) is 6.07 Å². The van der Waals surface area contributed by atoms with Crippen LogP contribution in [0.4, 0.5) is 26.3 Å². The molecule has 2 aliphatic rings. The van der Waals surface area contributed by atoms with E-state index in [0.29, 0.717) is 5.56 Å². The summed E-state index contributed by atoms with van der Waals surface area (Å²) in [6, 6.07) is 2.50. The van der Waals surface area contributed by atoms with Crippen molar-refractivity contribution < 1.29 is 36.0 Å². The van der Waals surface area contributed by atoms with Crippen LogP contribution in [0.5, 0.6) is 0 Å². The van der Waals surface area contributed by atoms with Crippen molar-refractivity contribution in [3.8, 4) is 0 Å². The highest BCUT2D eigenvalue weighted by molar-refractivity contribution is 7.16. The summed E-state index contributed by atoms with van der Waals surface area (Å²) in [4.78, 5) is 17.6. The Hall–Kier alpha value is -1.98. The molecule has 33 heavy (non-hydrogen) atoms. The molecule has 178 valence electrons. The van der Waals surface area contributed by atoms with E-state index in [1.54, 1.807) is 6.92 Å². The number of carbonyl (C=O) groups excluding carboxylic acids is 1. The van der Waals surface area contributed by atoms with Crippen LogP contribution in [0.25, 0.3) is 0 Å². The normalized spacial score (nSPS) is 22.5. The molecule has 1 aliphatic heterocycles. The van der Waals surface area contributed by atoms with Gasteiger partial charge in [0.25, 0.3) is 17.4 Å². The van der Waals surface area contributed by atoms with E-state index in [-0.39, 0.29) is 20.5 Å². The number of rotatable bonds is 4. The second kappa shape index (κ2) is 8.06. The zero-order chi connectivity index (χ0) is 24.3. The van der Waals surface area contributed by atoms with E-state index in [9.17, 15) is 31.1 Å². The Morgan fingerprint density at radius 1 is 1.24 bits per heavy atom. The van der Waals surface area contributed by atoms with Crippen LogP contribution < -0.4 is 5.32 Å². The molecule has 0 radical (unpaired) electrons. The fraction of sp³-hybridized carbons (Fsp3) is 0.400. The van der Waals surface area contributed by atoms with Gasteiger partial charge in [-0.05, 0) is 30.7 Å². The highest BCUT2D eigenvalue weighted by Crippen LogP contribution is 2.51. The molecular weight excluding hydrogens is 517 g/mol. The average Bonchev–Trinajstić information content (AvgIpc) is 3.27. The lowest BCUT2D eigenvalue weighted by Crippen LogP contribution is -2.50. The summed E-state index contributed by atoms with van der Waals surface area (Å²) < 4.78 is 83.0. The van der Waals surface area contributed by atoms with Crippen LogP contribution in [-0.2, 0) is 10.4 Å². The molecule has 1 aliphatic carbocycles. The molecule has 13 heteroatoms. The van der Waals surface area contributed by atoms with Crippen molar-refractivity contribution in [2.45, 2.75) is 49.9 Å². The highest BCUT2D eigenvalue weighted by Gasteiger charge is 2.63. The molecule has 1 N–H and O–H groups in total. The van der Waals surface area contributed by atoms with Gasteiger partial charge in [0.2, 0.25) is 0 Å². The highest BCUT2D eigenvalue weighted by atomic mass is 35.5. The number of aryl methyl sites for hydroxylation is 1. The molecule has 0 saturated heterocycles.